The summed E-state index contributed by atoms with van der Waals surface area (Å²) in [4.78, 5) is 5.27. The molecule has 4 nitrogen and oxygen atoms in total. The van der Waals surface area contributed by atoms with Gasteiger partial charge in [-0.15, -0.1) is 0 Å². The van der Waals surface area contributed by atoms with E-state index in [9.17, 15) is 0 Å². The van der Waals surface area contributed by atoms with Gasteiger partial charge in [0.1, 0.15) is 6.61 Å². The van der Waals surface area contributed by atoms with E-state index in [0.717, 1.165) is 22.5 Å². The van der Waals surface area contributed by atoms with E-state index in [0.29, 0.717) is 6.61 Å². The number of hydrazone groups is 1. The van der Waals surface area contributed by atoms with Crippen LogP contribution in [0.2, 0.25) is 0 Å². The predicted molar refractivity (Wildman–Crippen MR) is 84.3 cm³/mol. The summed E-state index contributed by atoms with van der Waals surface area (Å²) in [5.74, 6) is 0.723. The molecule has 0 radical (unpaired) electrons. The summed E-state index contributed by atoms with van der Waals surface area (Å²) >= 11 is 0. The van der Waals surface area contributed by atoms with Gasteiger partial charge in [0.2, 0.25) is 0 Å². The summed E-state index contributed by atoms with van der Waals surface area (Å²) in [6.45, 7) is 2.57. The quantitative estimate of drug-likeness (QED) is 0.625. The van der Waals surface area contributed by atoms with Gasteiger partial charge < -0.3 is 4.84 Å². The van der Waals surface area contributed by atoms with Crippen molar-refractivity contribution in [3.05, 3.63) is 70.8 Å². The van der Waals surface area contributed by atoms with Crippen molar-refractivity contribution in [1.29, 1.82) is 0 Å². The van der Waals surface area contributed by atoms with E-state index >= 15 is 0 Å². The minimum Gasteiger partial charge on any atom is -0.389 e. The highest BCUT2D eigenvalue weighted by Crippen LogP contribution is 2.18. The molecule has 0 amide bonds. The monoisotopic (exact) mass is 279 g/mol. The van der Waals surface area contributed by atoms with Crippen LogP contribution in [-0.2, 0) is 11.4 Å². The lowest BCUT2D eigenvalue weighted by Crippen LogP contribution is -2.26. The molecule has 0 fully saturated rings. The van der Waals surface area contributed by atoms with Crippen LogP contribution in [-0.4, -0.2) is 24.1 Å². The summed E-state index contributed by atoms with van der Waals surface area (Å²) in [6.07, 6.45) is 1.83. The zero-order valence-electron chi connectivity index (χ0n) is 12.2. The standard InChI is InChI=1S/C17H17N3O/c1-13-6-5-7-14(10-13)11-18-20(2)17-16-9-4-3-8-15(16)12-21-19-17/h3-11H,12H2,1-2H3/b18-11+. The molecule has 0 bridgehead atoms. The van der Waals surface area contributed by atoms with Crippen molar-refractivity contribution in [2.24, 2.45) is 10.3 Å². The number of aryl methyl sites for hydroxylation is 1. The molecule has 1 aliphatic heterocycles. The first-order valence-corrected chi connectivity index (χ1v) is 6.86. The summed E-state index contributed by atoms with van der Waals surface area (Å²) in [5, 5.41) is 10.3. The molecule has 0 spiro atoms. The Morgan fingerprint density at radius 3 is 2.90 bits per heavy atom. The Bertz CT molecular complexity index is 707. The van der Waals surface area contributed by atoms with Crippen LogP contribution in [0.15, 0.2) is 58.8 Å². The lowest BCUT2D eigenvalue weighted by Gasteiger charge is -2.21. The van der Waals surface area contributed by atoms with E-state index in [1.165, 1.54) is 5.56 Å². The van der Waals surface area contributed by atoms with Gasteiger partial charge in [-0.3, -0.25) is 0 Å². The second kappa shape index (κ2) is 5.79. The smallest absolute Gasteiger partial charge is 0.195 e. The first-order valence-electron chi connectivity index (χ1n) is 6.86. The Balaban J connectivity index is 1.83. The molecule has 0 aromatic heterocycles. The molecule has 0 saturated heterocycles. The van der Waals surface area contributed by atoms with Gasteiger partial charge in [-0.25, -0.2) is 5.01 Å². The molecule has 3 rings (SSSR count). The molecular formula is C17H17N3O. The fourth-order valence-corrected chi connectivity index (χ4v) is 2.27. The third-order valence-corrected chi connectivity index (χ3v) is 3.36. The van der Waals surface area contributed by atoms with Gasteiger partial charge in [-0.1, -0.05) is 59.3 Å². The summed E-state index contributed by atoms with van der Waals surface area (Å²) in [6, 6.07) is 16.3. The second-order valence-electron chi connectivity index (χ2n) is 5.03. The lowest BCUT2D eigenvalue weighted by molar-refractivity contribution is 0.121. The molecule has 0 atom stereocenters. The third-order valence-electron chi connectivity index (χ3n) is 3.36. The van der Waals surface area contributed by atoms with Crippen molar-refractivity contribution < 1.29 is 4.84 Å². The molecule has 0 unspecified atom stereocenters. The van der Waals surface area contributed by atoms with Crippen molar-refractivity contribution in [3.63, 3.8) is 0 Å². The van der Waals surface area contributed by atoms with Crippen LogP contribution in [0.25, 0.3) is 0 Å². The summed E-state index contributed by atoms with van der Waals surface area (Å²) in [5.41, 5.74) is 4.46. The van der Waals surface area contributed by atoms with Crippen molar-refractivity contribution in [2.75, 3.05) is 7.05 Å². The van der Waals surface area contributed by atoms with Gasteiger partial charge in [0.25, 0.3) is 0 Å². The highest BCUT2D eigenvalue weighted by atomic mass is 16.6. The molecule has 2 aromatic rings. The molecule has 106 valence electrons. The van der Waals surface area contributed by atoms with Crippen LogP contribution in [0.3, 0.4) is 0 Å². The average molecular weight is 279 g/mol. The molecule has 1 heterocycles. The van der Waals surface area contributed by atoms with Crippen LogP contribution >= 0.6 is 0 Å². The minimum atomic E-state index is 0.509. The molecule has 4 heteroatoms. The SMILES string of the molecule is Cc1cccc(/C=N/N(C)C2=NOCc3ccccc32)c1. The zero-order valence-corrected chi connectivity index (χ0v) is 12.2. The summed E-state index contributed by atoms with van der Waals surface area (Å²) in [7, 11) is 1.87. The number of oxime groups is 1. The number of benzene rings is 2. The highest BCUT2D eigenvalue weighted by Gasteiger charge is 2.17. The average Bonchev–Trinajstić information content (AvgIpc) is 2.52. The molecule has 0 N–H and O–H groups in total. The highest BCUT2D eigenvalue weighted by molar-refractivity contribution is 6.00. The second-order valence-corrected chi connectivity index (χ2v) is 5.03. The maximum Gasteiger partial charge on any atom is 0.195 e. The molecule has 1 aliphatic rings. The third kappa shape index (κ3) is 2.94. The zero-order chi connectivity index (χ0) is 14.7. The van der Waals surface area contributed by atoms with Crippen LogP contribution in [0.1, 0.15) is 22.3 Å². The van der Waals surface area contributed by atoms with Gasteiger partial charge in [-0.2, -0.15) is 5.10 Å². The lowest BCUT2D eigenvalue weighted by atomic mass is 10.1. The normalized spacial score (nSPS) is 13.5. The number of rotatable bonds is 2. The van der Waals surface area contributed by atoms with Crippen LogP contribution in [0.5, 0.6) is 0 Å². The number of fused-ring (bicyclic) bond motifs is 1. The fraction of sp³-hybridized carbons (Fsp3) is 0.176. The molecule has 21 heavy (non-hydrogen) atoms. The van der Waals surface area contributed by atoms with E-state index in [4.69, 9.17) is 4.84 Å². The van der Waals surface area contributed by atoms with Crippen molar-refractivity contribution in [1.82, 2.24) is 5.01 Å². The largest absolute Gasteiger partial charge is 0.389 e. The Hall–Kier alpha value is -2.62. The topological polar surface area (TPSA) is 37.2 Å². The Labute approximate surface area is 124 Å². The number of hydrogen-bond acceptors (Lipinski definition) is 4. The summed E-state index contributed by atoms with van der Waals surface area (Å²) < 4.78 is 0. The molecule has 0 aliphatic carbocycles. The van der Waals surface area contributed by atoms with Crippen LogP contribution in [0.4, 0.5) is 0 Å². The van der Waals surface area contributed by atoms with E-state index in [2.05, 4.69) is 29.3 Å². The first kappa shape index (κ1) is 13.4. The maximum atomic E-state index is 5.27. The number of amidine groups is 1. The minimum absolute atomic E-state index is 0.509. The van der Waals surface area contributed by atoms with Gasteiger partial charge >= 0.3 is 0 Å². The van der Waals surface area contributed by atoms with Gasteiger partial charge in [0.15, 0.2) is 5.84 Å². The van der Waals surface area contributed by atoms with Gasteiger partial charge in [0, 0.05) is 18.2 Å². The maximum absolute atomic E-state index is 5.27. The fourth-order valence-electron chi connectivity index (χ4n) is 2.27. The Kier molecular flexibility index (Phi) is 3.69. The van der Waals surface area contributed by atoms with E-state index in [1.54, 1.807) is 5.01 Å². The van der Waals surface area contributed by atoms with E-state index in [-0.39, 0.29) is 0 Å². The predicted octanol–water partition coefficient (Wildman–Crippen LogP) is 3.15. The van der Waals surface area contributed by atoms with Crippen molar-refractivity contribution in [3.8, 4) is 0 Å². The number of hydrogen-bond donors (Lipinski definition) is 0. The van der Waals surface area contributed by atoms with Crippen molar-refractivity contribution >= 4 is 12.1 Å². The van der Waals surface area contributed by atoms with Gasteiger partial charge in [0.05, 0.1) is 6.21 Å². The Morgan fingerprint density at radius 1 is 1.19 bits per heavy atom. The molecule has 2 aromatic carbocycles. The van der Waals surface area contributed by atoms with E-state index < -0.39 is 0 Å². The van der Waals surface area contributed by atoms with Gasteiger partial charge in [-0.05, 0) is 12.5 Å². The first-order chi connectivity index (χ1) is 10.2. The molecular weight excluding hydrogens is 262 g/mol. The van der Waals surface area contributed by atoms with Crippen LogP contribution in [0, 0.1) is 6.92 Å². The van der Waals surface area contributed by atoms with Crippen LogP contribution < -0.4 is 0 Å². The van der Waals surface area contributed by atoms with E-state index in [1.807, 2.05) is 49.7 Å². The Morgan fingerprint density at radius 2 is 2.05 bits per heavy atom. The van der Waals surface area contributed by atoms with Crippen molar-refractivity contribution in [2.45, 2.75) is 13.5 Å². The number of nitrogens with zero attached hydrogens (tertiary/aromatic N) is 3. The molecule has 0 saturated carbocycles.